The van der Waals surface area contributed by atoms with Gasteiger partial charge in [-0.1, -0.05) is 5.16 Å². The molecule has 4 aliphatic rings. The Morgan fingerprint density at radius 1 is 1.19 bits per heavy atom. The van der Waals surface area contributed by atoms with Crippen LogP contribution in [0.4, 0.5) is 4.79 Å². The van der Waals surface area contributed by atoms with Gasteiger partial charge in [0.2, 0.25) is 0 Å². The molecule has 5 rings (SSSR count). The second-order valence-electron chi connectivity index (χ2n) is 8.24. The minimum Gasteiger partial charge on any atom is -0.465 e. The van der Waals surface area contributed by atoms with Crippen LogP contribution < -0.4 is 0 Å². The molecule has 3 heterocycles. The topological polar surface area (TPSA) is 85.0 Å². The smallest absolute Gasteiger partial charge is 0.407 e. The number of fused-ring (bicyclic) bond motifs is 2. The molecule has 26 heavy (non-hydrogen) atoms. The summed E-state index contributed by atoms with van der Waals surface area (Å²) >= 11 is 0. The second kappa shape index (κ2) is 6.53. The van der Waals surface area contributed by atoms with Crippen LogP contribution in [0.1, 0.15) is 67.4 Å². The minimum absolute atomic E-state index is 0.128. The summed E-state index contributed by atoms with van der Waals surface area (Å²) in [5, 5.41) is 13.7. The number of nitrogens with zero attached hydrogens (tertiary/aromatic N) is 2. The lowest BCUT2D eigenvalue weighted by Gasteiger charge is -2.29. The molecule has 2 bridgehead atoms. The van der Waals surface area contributed by atoms with Crippen molar-refractivity contribution in [2.24, 2.45) is 5.92 Å². The van der Waals surface area contributed by atoms with Crippen LogP contribution in [0.2, 0.25) is 0 Å². The largest absolute Gasteiger partial charge is 0.465 e. The van der Waals surface area contributed by atoms with Gasteiger partial charge in [-0.2, -0.15) is 0 Å². The first-order chi connectivity index (χ1) is 12.7. The van der Waals surface area contributed by atoms with Crippen molar-refractivity contribution in [1.29, 1.82) is 0 Å². The predicted molar refractivity (Wildman–Crippen MR) is 91.1 cm³/mol. The van der Waals surface area contributed by atoms with Gasteiger partial charge in [-0.3, -0.25) is 0 Å². The minimum atomic E-state index is -0.798. The highest BCUT2D eigenvalue weighted by Gasteiger charge is 2.47. The van der Waals surface area contributed by atoms with Crippen LogP contribution in [-0.4, -0.2) is 53.2 Å². The van der Waals surface area contributed by atoms with Crippen LogP contribution in [0.25, 0.3) is 0 Å². The van der Waals surface area contributed by atoms with Gasteiger partial charge in [0.15, 0.2) is 0 Å². The molecular formula is C19H26N2O5. The number of amides is 1. The summed E-state index contributed by atoms with van der Waals surface area (Å²) in [6, 6.07) is 0.128. The van der Waals surface area contributed by atoms with E-state index in [-0.39, 0.29) is 12.1 Å². The van der Waals surface area contributed by atoms with Crippen LogP contribution in [-0.2, 0) is 16.1 Å². The number of carbonyl (C=O) groups is 1. The molecule has 0 unspecified atom stereocenters. The van der Waals surface area contributed by atoms with Crippen molar-refractivity contribution in [2.45, 2.75) is 69.1 Å². The Bertz CT molecular complexity index is 679. The molecule has 0 aromatic carbocycles. The molecule has 0 spiro atoms. The average molecular weight is 362 g/mol. The van der Waals surface area contributed by atoms with Crippen LogP contribution in [0.15, 0.2) is 4.52 Å². The van der Waals surface area contributed by atoms with Crippen molar-refractivity contribution in [2.75, 3.05) is 19.8 Å². The zero-order valence-corrected chi connectivity index (χ0v) is 14.9. The fourth-order valence-electron chi connectivity index (χ4n) is 4.97. The zero-order chi connectivity index (χ0) is 17.7. The summed E-state index contributed by atoms with van der Waals surface area (Å²) in [7, 11) is 0. The van der Waals surface area contributed by atoms with Gasteiger partial charge in [0, 0.05) is 49.1 Å². The van der Waals surface area contributed by atoms with E-state index in [4.69, 9.17) is 14.0 Å². The summed E-state index contributed by atoms with van der Waals surface area (Å²) in [6.07, 6.45) is 5.44. The molecule has 2 saturated carbocycles. The highest BCUT2D eigenvalue weighted by atomic mass is 16.5. The zero-order valence-electron chi connectivity index (χ0n) is 14.9. The maximum absolute atomic E-state index is 11.2. The van der Waals surface area contributed by atoms with E-state index in [9.17, 15) is 9.90 Å². The lowest BCUT2D eigenvalue weighted by atomic mass is 9.92. The number of piperidine rings is 1. The summed E-state index contributed by atoms with van der Waals surface area (Å²) in [5.74, 6) is 2.27. The molecule has 7 heteroatoms. The van der Waals surface area contributed by atoms with Gasteiger partial charge >= 0.3 is 6.09 Å². The SMILES string of the molecule is O=C(O)N1C[C@@H]2C[C@H]1C[C@H]2OCc1c(C2CCOCC2)noc1C1CC1. The van der Waals surface area contributed by atoms with E-state index in [1.807, 2.05) is 0 Å². The molecule has 3 atom stereocenters. The number of ether oxygens (including phenoxy) is 2. The van der Waals surface area contributed by atoms with E-state index < -0.39 is 6.09 Å². The van der Waals surface area contributed by atoms with Crippen molar-refractivity contribution in [3.05, 3.63) is 17.0 Å². The number of hydrogen-bond acceptors (Lipinski definition) is 5. The number of likely N-dealkylation sites (tertiary alicyclic amines) is 1. The van der Waals surface area contributed by atoms with Crippen molar-refractivity contribution >= 4 is 6.09 Å². The highest BCUT2D eigenvalue weighted by molar-refractivity contribution is 5.66. The fraction of sp³-hybridized carbons (Fsp3) is 0.789. The monoisotopic (exact) mass is 362 g/mol. The first-order valence-electron chi connectivity index (χ1n) is 9.88. The van der Waals surface area contributed by atoms with Crippen molar-refractivity contribution in [1.82, 2.24) is 10.1 Å². The second-order valence-corrected chi connectivity index (χ2v) is 8.24. The number of carboxylic acid groups (broad SMARTS) is 1. The molecule has 1 amide bonds. The van der Waals surface area contributed by atoms with Crippen LogP contribution in [0.3, 0.4) is 0 Å². The third kappa shape index (κ3) is 2.91. The summed E-state index contributed by atoms with van der Waals surface area (Å²) < 4.78 is 17.5. The lowest BCUT2D eigenvalue weighted by molar-refractivity contribution is -0.00858. The van der Waals surface area contributed by atoms with Gasteiger partial charge in [0.05, 0.1) is 18.4 Å². The molecular weight excluding hydrogens is 336 g/mol. The summed E-state index contributed by atoms with van der Waals surface area (Å²) in [6.45, 7) is 2.72. The van der Waals surface area contributed by atoms with Gasteiger partial charge in [0.25, 0.3) is 0 Å². The predicted octanol–water partition coefficient (Wildman–Crippen LogP) is 3.10. The van der Waals surface area contributed by atoms with Gasteiger partial charge < -0.3 is 24.0 Å². The Morgan fingerprint density at radius 2 is 2.00 bits per heavy atom. The van der Waals surface area contributed by atoms with E-state index in [1.54, 1.807) is 4.90 Å². The Kier molecular flexibility index (Phi) is 4.16. The Hall–Kier alpha value is -1.60. The molecule has 1 aromatic heterocycles. The van der Waals surface area contributed by atoms with Gasteiger partial charge in [0.1, 0.15) is 5.76 Å². The normalized spacial score (nSPS) is 31.7. The van der Waals surface area contributed by atoms with Gasteiger partial charge in [-0.15, -0.1) is 0 Å². The number of rotatable bonds is 5. The van der Waals surface area contributed by atoms with Gasteiger partial charge in [-0.05, 0) is 38.5 Å². The molecule has 1 N–H and O–H groups in total. The summed E-state index contributed by atoms with van der Waals surface area (Å²) in [5.41, 5.74) is 2.24. The Morgan fingerprint density at radius 3 is 2.65 bits per heavy atom. The molecule has 1 aromatic rings. The van der Waals surface area contributed by atoms with Gasteiger partial charge in [-0.25, -0.2) is 4.79 Å². The Labute approximate surface area is 152 Å². The third-order valence-electron chi connectivity index (χ3n) is 6.57. The van der Waals surface area contributed by atoms with Crippen molar-refractivity contribution < 1.29 is 23.9 Å². The first kappa shape index (κ1) is 16.6. The number of hydrogen-bond donors (Lipinski definition) is 1. The number of aromatic nitrogens is 1. The summed E-state index contributed by atoms with van der Waals surface area (Å²) in [4.78, 5) is 12.8. The molecule has 142 valence electrons. The van der Waals surface area contributed by atoms with Crippen LogP contribution >= 0.6 is 0 Å². The molecule has 2 aliphatic carbocycles. The highest BCUT2D eigenvalue weighted by Crippen LogP contribution is 2.45. The molecule has 4 fully saturated rings. The molecule has 7 nitrogen and oxygen atoms in total. The maximum Gasteiger partial charge on any atom is 0.407 e. The quantitative estimate of drug-likeness (QED) is 0.866. The first-order valence-corrected chi connectivity index (χ1v) is 9.88. The van der Waals surface area contributed by atoms with E-state index in [0.717, 1.165) is 55.9 Å². The lowest BCUT2D eigenvalue weighted by Crippen LogP contribution is -2.41. The van der Waals surface area contributed by atoms with E-state index in [0.29, 0.717) is 30.9 Å². The maximum atomic E-state index is 11.2. The van der Waals surface area contributed by atoms with E-state index in [2.05, 4.69) is 5.16 Å². The molecule has 0 radical (unpaired) electrons. The van der Waals surface area contributed by atoms with Crippen LogP contribution in [0, 0.1) is 5.92 Å². The van der Waals surface area contributed by atoms with Crippen molar-refractivity contribution in [3.8, 4) is 0 Å². The molecule has 2 saturated heterocycles. The average Bonchev–Trinajstić information content (AvgIpc) is 3.12. The van der Waals surface area contributed by atoms with E-state index >= 15 is 0 Å². The third-order valence-corrected chi connectivity index (χ3v) is 6.57. The van der Waals surface area contributed by atoms with E-state index in [1.165, 1.54) is 12.8 Å². The Balaban J connectivity index is 1.28. The van der Waals surface area contributed by atoms with Crippen LogP contribution in [0.5, 0.6) is 0 Å². The fourth-order valence-corrected chi connectivity index (χ4v) is 4.97. The van der Waals surface area contributed by atoms with Crippen molar-refractivity contribution in [3.63, 3.8) is 0 Å². The molecule has 2 aliphatic heterocycles. The standard InChI is InChI=1S/C19H26N2O5/c22-19(23)21-9-13-7-14(21)8-16(13)25-10-15-17(11-3-5-24-6-4-11)20-26-18(15)12-1-2-12/h11-14,16H,1-10H2,(H,22,23)/t13-,14-,16+/m0/s1.